The maximum absolute atomic E-state index is 12.4. The number of rotatable bonds is 4. The molecule has 0 spiro atoms. The van der Waals surface area contributed by atoms with Crippen LogP contribution in [0.4, 0.5) is 5.69 Å². The SMILES string of the molecule is Cc1ccccc1NS(=O)(=O)c1ccc(C)c(C(N)=O)c1. The van der Waals surface area contributed by atoms with Gasteiger partial charge in [0.2, 0.25) is 5.91 Å². The van der Waals surface area contributed by atoms with Crippen LogP contribution >= 0.6 is 0 Å². The van der Waals surface area contributed by atoms with Gasteiger partial charge in [0.05, 0.1) is 10.6 Å². The van der Waals surface area contributed by atoms with E-state index < -0.39 is 15.9 Å². The number of amides is 1. The molecule has 0 unspecified atom stereocenters. The van der Waals surface area contributed by atoms with E-state index >= 15 is 0 Å². The second-order valence-corrected chi connectivity index (χ2v) is 6.44. The Morgan fingerprint density at radius 1 is 1.05 bits per heavy atom. The van der Waals surface area contributed by atoms with Crippen LogP contribution in [0.2, 0.25) is 0 Å². The number of hydrogen-bond acceptors (Lipinski definition) is 3. The summed E-state index contributed by atoms with van der Waals surface area (Å²) < 4.78 is 27.3. The number of sulfonamides is 1. The van der Waals surface area contributed by atoms with Crippen LogP contribution in [-0.2, 0) is 10.0 Å². The van der Waals surface area contributed by atoms with Crippen LogP contribution in [0.25, 0.3) is 0 Å². The van der Waals surface area contributed by atoms with E-state index in [4.69, 9.17) is 5.73 Å². The smallest absolute Gasteiger partial charge is 0.261 e. The second kappa shape index (κ2) is 5.57. The summed E-state index contributed by atoms with van der Waals surface area (Å²) in [5.41, 5.74) is 7.39. The zero-order valence-corrected chi connectivity index (χ0v) is 12.6. The van der Waals surface area contributed by atoms with Crippen molar-refractivity contribution in [1.82, 2.24) is 0 Å². The van der Waals surface area contributed by atoms with Gasteiger partial charge in [-0.3, -0.25) is 9.52 Å². The molecular formula is C15H16N2O3S. The van der Waals surface area contributed by atoms with Crippen LogP contribution in [0.5, 0.6) is 0 Å². The first kappa shape index (κ1) is 15.1. The summed E-state index contributed by atoms with van der Waals surface area (Å²) in [5.74, 6) is -0.652. The Morgan fingerprint density at radius 3 is 2.33 bits per heavy atom. The first-order valence-electron chi connectivity index (χ1n) is 6.30. The molecule has 2 aromatic carbocycles. The van der Waals surface area contributed by atoms with Crippen LogP contribution in [0, 0.1) is 13.8 Å². The number of para-hydroxylation sites is 1. The zero-order chi connectivity index (χ0) is 15.6. The lowest BCUT2D eigenvalue weighted by Gasteiger charge is -2.11. The summed E-state index contributed by atoms with van der Waals surface area (Å²) in [4.78, 5) is 11.3. The molecule has 0 saturated heterocycles. The number of aryl methyl sites for hydroxylation is 2. The van der Waals surface area contributed by atoms with Gasteiger partial charge in [-0.25, -0.2) is 8.42 Å². The molecule has 5 nitrogen and oxygen atoms in total. The largest absolute Gasteiger partial charge is 0.366 e. The van der Waals surface area contributed by atoms with Crippen LogP contribution in [-0.4, -0.2) is 14.3 Å². The lowest BCUT2D eigenvalue weighted by Crippen LogP contribution is -2.17. The van der Waals surface area contributed by atoms with Crippen LogP contribution in [0.3, 0.4) is 0 Å². The molecule has 6 heteroatoms. The average Bonchev–Trinajstić information content (AvgIpc) is 2.41. The monoisotopic (exact) mass is 304 g/mol. The molecule has 2 aromatic rings. The van der Waals surface area contributed by atoms with E-state index in [9.17, 15) is 13.2 Å². The van der Waals surface area contributed by atoms with Gasteiger partial charge in [0.25, 0.3) is 10.0 Å². The lowest BCUT2D eigenvalue weighted by molar-refractivity contribution is 0.0999. The van der Waals surface area contributed by atoms with Crippen molar-refractivity contribution in [3.63, 3.8) is 0 Å². The minimum absolute atomic E-state index is 0.00477. The fraction of sp³-hybridized carbons (Fsp3) is 0.133. The van der Waals surface area contributed by atoms with Crippen LogP contribution in [0.15, 0.2) is 47.4 Å². The van der Waals surface area contributed by atoms with Gasteiger partial charge in [0.1, 0.15) is 0 Å². The summed E-state index contributed by atoms with van der Waals surface area (Å²) >= 11 is 0. The summed E-state index contributed by atoms with van der Waals surface area (Å²) in [5, 5.41) is 0. The maximum Gasteiger partial charge on any atom is 0.261 e. The quantitative estimate of drug-likeness (QED) is 0.907. The van der Waals surface area contributed by atoms with Crippen molar-refractivity contribution < 1.29 is 13.2 Å². The van der Waals surface area contributed by atoms with Gasteiger partial charge in [-0.1, -0.05) is 24.3 Å². The van der Waals surface area contributed by atoms with Crippen molar-refractivity contribution in [2.75, 3.05) is 4.72 Å². The summed E-state index contributed by atoms with van der Waals surface area (Å²) in [7, 11) is -3.77. The van der Waals surface area contributed by atoms with Gasteiger partial charge in [0.15, 0.2) is 0 Å². The maximum atomic E-state index is 12.4. The Balaban J connectivity index is 2.43. The molecule has 0 bridgehead atoms. The molecule has 0 fully saturated rings. The summed E-state index contributed by atoms with van der Waals surface area (Å²) in [6.45, 7) is 3.51. The number of anilines is 1. The molecule has 1 amide bonds. The Hall–Kier alpha value is -2.34. The van der Waals surface area contributed by atoms with Gasteiger partial charge in [-0.05, 0) is 43.2 Å². The molecule has 0 heterocycles. The molecule has 0 aliphatic rings. The molecule has 2 rings (SSSR count). The molecule has 3 N–H and O–H groups in total. The highest BCUT2D eigenvalue weighted by Gasteiger charge is 2.17. The van der Waals surface area contributed by atoms with E-state index in [1.165, 1.54) is 12.1 Å². The zero-order valence-electron chi connectivity index (χ0n) is 11.8. The van der Waals surface area contributed by atoms with E-state index in [0.717, 1.165) is 5.56 Å². The van der Waals surface area contributed by atoms with E-state index in [0.29, 0.717) is 11.3 Å². The molecule has 21 heavy (non-hydrogen) atoms. The molecule has 110 valence electrons. The van der Waals surface area contributed by atoms with Crippen molar-refractivity contribution in [2.45, 2.75) is 18.7 Å². The van der Waals surface area contributed by atoms with Crippen molar-refractivity contribution in [1.29, 1.82) is 0 Å². The number of nitrogens with two attached hydrogens (primary N) is 1. The number of primary amides is 1. The molecule has 0 aliphatic carbocycles. The average molecular weight is 304 g/mol. The van der Waals surface area contributed by atoms with E-state index in [2.05, 4.69) is 4.72 Å². The highest BCUT2D eigenvalue weighted by atomic mass is 32.2. The molecule has 0 aliphatic heterocycles. The number of benzene rings is 2. The first-order valence-corrected chi connectivity index (χ1v) is 7.78. The highest BCUT2D eigenvalue weighted by molar-refractivity contribution is 7.92. The van der Waals surface area contributed by atoms with Gasteiger partial charge >= 0.3 is 0 Å². The van der Waals surface area contributed by atoms with E-state index in [1.807, 2.05) is 19.1 Å². The van der Waals surface area contributed by atoms with Crippen LogP contribution < -0.4 is 10.5 Å². The summed E-state index contributed by atoms with van der Waals surface area (Å²) in [6.07, 6.45) is 0. The van der Waals surface area contributed by atoms with Crippen molar-refractivity contribution in [3.05, 3.63) is 59.2 Å². The van der Waals surface area contributed by atoms with E-state index in [1.54, 1.807) is 25.1 Å². The topological polar surface area (TPSA) is 89.3 Å². The normalized spacial score (nSPS) is 11.1. The van der Waals surface area contributed by atoms with Gasteiger partial charge in [0, 0.05) is 5.56 Å². The minimum atomic E-state index is -3.77. The van der Waals surface area contributed by atoms with Crippen molar-refractivity contribution >= 4 is 21.6 Å². The van der Waals surface area contributed by atoms with Crippen LogP contribution in [0.1, 0.15) is 21.5 Å². The third kappa shape index (κ3) is 3.22. The molecule has 0 aromatic heterocycles. The highest BCUT2D eigenvalue weighted by Crippen LogP contribution is 2.21. The third-order valence-electron chi connectivity index (χ3n) is 3.17. The third-order valence-corrected chi connectivity index (χ3v) is 4.54. The number of hydrogen-bond donors (Lipinski definition) is 2. The Bertz CT molecular complexity index is 798. The standard InChI is InChI=1S/C15H16N2O3S/c1-10-7-8-12(9-13(10)15(16)18)21(19,20)17-14-6-4-3-5-11(14)2/h3-9,17H,1-2H3,(H2,16,18). The number of carbonyl (C=O) groups is 1. The summed E-state index contributed by atoms with van der Waals surface area (Å²) in [6, 6.07) is 11.4. The Kier molecular flexibility index (Phi) is 3.99. The van der Waals surface area contributed by atoms with Gasteiger partial charge in [-0.15, -0.1) is 0 Å². The van der Waals surface area contributed by atoms with Gasteiger partial charge in [-0.2, -0.15) is 0 Å². The fourth-order valence-corrected chi connectivity index (χ4v) is 3.08. The van der Waals surface area contributed by atoms with Crippen molar-refractivity contribution in [2.24, 2.45) is 5.73 Å². The Morgan fingerprint density at radius 2 is 1.71 bits per heavy atom. The predicted octanol–water partition coefficient (Wildman–Crippen LogP) is 2.20. The fourth-order valence-electron chi connectivity index (χ4n) is 1.92. The number of nitrogens with one attached hydrogen (secondary N) is 1. The number of carbonyl (C=O) groups excluding carboxylic acids is 1. The molecule has 0 saturated carbocycles. The van der Waals surface area contributed by atoms with Crippen molar-refractivity contribution in [3.8, 4) is 0 Å². The van der Waals surface area contributed by atoms with Gasteiger partial charge < -0.3 is 5.73 Å². The molecule has 0 atom stereocenters. The second-order valence-electron chi connectivity index (χ2n) is 4.76. The predicted molar refractivity (Wildman–Crippen MR) is 81.7 cm³/mol. The Labute approximate surface area is 123 Å². The lowest BCUT2D eigenvalue weighted by atomic mass is 10.1. The molecular weight excluding hydrogens is 288 g/mol. The van der Waals surface area contributed by atoms with E-state index in [-0.39, 0.29) is 10.5 Å². The first-order chi connectivity index (χ1) is 9.81. The minimum Gasteiger partial charge on any atom is -0.366 e. The molecule has 0 radical (unpaired) electrons.